The summed E-state index contributed by atoms with van der Waals surface area (Å²) in [6.07, 6.45) is 4.87. The molecule has 0 radical (unpaired) electrons. The lowest BCUT2D eigenvalue weighted by molar-refractivity contribution is 0.0639. The Kier molecular flexibility index (Phi) is 2.36. The van der Waals surface area contributed by atoms with Gasteiger partial charge in [0.1, 0.15) is 6.10 Å². The van der Waals surface area contributed by atoms with Gasteiger partial charge in [-0.3, -0.25) is 0 Å². The molecular formula is C6H13N3O. The highest BCUT2D eigenvalue weighted by Crippen LogP contribution is 2.20. The summed E-state index contributed by atoms with van der Waals surface area (Å²) in [6, 6.07) is 0. The first-order valence-corrected chi connectivity index (χ1v) is 3.54. The minimum atomic E-state index is 0.00639. The number of guanidine groups is 1. The molecule has 1 aliphatic rings. The van der Waals surface area contributed by atoms with E-state index in [1.807, 2.05) is 0 Å². The van der Waals surface area contributed by atoms with Crippen LogP contribution in [0.2, 0.25) is 0 Å². The Labute approximate surface area is 60.2 Å². The highest BCUT2D eigenvalue weighted by Gasteiger charge is 2.15. The molecule has 0 aromatic rings. The molecule has 1 aliphatic carbocycles. The van der Waals surface area contributed by atoms with Gasteiger partial charge in [0, 0.05) is 0 Å². The zero-order valence-corrected chi connectivity index (χ0v) is 5.92. The third kappa shape index (κ3) is 2.13. The monoisotopic (exact) mass is 143 g/mol. The van der Waals surface area contributed by atoms with E-state index in [0.717, 1.165) is 12.8 Å². The van der Waals surface area contributed by atoms with Crippen molar-refractivity contribution in [3.63, 3.8) is 0 Å². The summed E-state index contributed by atoms with van der Waals surface area (Å²) in [4.78, 5) is 5.00. The van der Waals surface area contributed by atoms with Crippen molar-refractivity contribution in [2.45, 2.75) is 31.8 Å². The number of nitrogens with zero attached hydrogens (tertiary/aromatic N) is 1. The number of rotatable bonds is 2. The summed E-state index contributed by atoms with van der Waals surface area (Å²) in [5.41, 5.74) is 10.1. The molecule has 0 unspecified atom stereocenters. The molecule has 0 spiro atoms. The number of nitrogens with two attached hydrogens (primary N) is 2. The van der Waals surface area contributed by atoms with E-state index < -0.39 is 0 Å². The van der Waals surface area contributed by atoms with E-state index in [9.17, 15) is 0 Å². The van der Waals surface area contributed by atoms with Gasteiger partial charge in [-0.15, -0.1) is 0 Å². The van der Waals surface area contributed by atoms with Crippen molar-refractivity contribution in [1.29, 1.82) is 0 Å². The van der Waals surface area contributed by atoms with Gasteiger partial charge in [-0.2, -0.15) is 0 Å². The molecule has 0 heterocycles. The third-order valence-electron chi connectivity index (χ3n) is 1.61. The highest BCUT2D eigenvalue weighted by atomic mass is 16.6. The van der Waals surface area contributed by atoms with Gasteiger partial charge in [0.15, 0.2) is 0 Å². The van der Waals surface area contributed by atoms with Crippen molar-refractivity contribution in [2.75, 3.05) is 0 Å². The molecular weight excluding hydrogens is 130 g/mol. The van der Waals surface area contributed by atoms with Gasteiger partial charge < -0.3 is 16.3 Å². The molecule has 4 heteroatoms. The normalized spacial score (nSPS) is 18.8. The second-order valence-electron chi connectivity index (χ2n) is 2.53. The molecule has 0 aliphatic heterocycles. The van der Waals surface area contributed by atoms with Crippen molar-refractivity contribution in [3.05, 3.63) is 0 Å². The Bertz CT molecular complexity index is 125. The number of oxime groups is 1. The molecule has 1 rings (SSSR count). The lowest BCUT2D eigenvalue weighted by Crippen LogP contribution is -2.23. The standard InChI is InChI=1S/C6H13N3O/c7-6(8)9-10-5-3-1-2-4-5/h5H,1-4H2,(H4,7,8,9). The molecule has 1 fully saturated rings. The predicted octanol–water partition coefficient (Wildman–Crippen LogP) is 0.134. The molecule has 0 atom stereocenters. The second kappa shape index (κ2) is 3.29. The van der Waals surface area contributed by atoms with Crippen LogP contribution >= 0.6 is 0 Å². The molecule has 0 saturated heterocycles. The fourth-order valence-corrected chi connectivity index (χ4v) is 1.13. The third-order valence-corrected chi connectivity index (χ3v) is 1.61. The molecule has 0 aromatic heterocycles. The predicted molar refractivity (Wildman–Crippen MR) is 39.2 cm³/mol. The van der Waals surface area contributed by atoms with Gasteiger partial charge in [0.05, 0.1) is 0 Å². The van der Waals surface area contributed by atoms with Crippen molar-refractivity contribution in [2.24, 2.45) is 16.6 Å². The van der Waals surface area contributed by atoms with Crippen molar-refractivity contribution >= 4 is 5.96 Å². The summed E-state index contributed by atoms with van der Waals surface area (Å²) < 4.78 is 0. The van der Waals surface area contributed by atoms with Crippen molar-refractivity contribution in [3.8, 4) is 0 Å². The fraction of sp³-hybridized carbons (Fsp3) is 0.833. The first kappa shape index (κ1) is 7.18. The van der Waals surface area contributed by atoms with E-state index in [2.05, 4.69) is 5.16 Å². The average Bonchev–Trinajstić information content (AvgIpc) is 2.34. The van der Waals surface area contributed by atoms with E-state index in [1.54, 1.807) is 0 Å². The van der Waals surface area contributed by atoms with Crippen LogP contribution in [-0.2, 0) is 4.84 Å². The summed E-state index contributed by atoms with van der Waals surface area (Å²) in [7, 11) is 0. The molecule has 0 aromatic carbocycles. The van der Waals surface area contributed by atoms with Crippen LogP contribution in [0.25, 0.3) is 0 Å². The van der Waals surface area contributed by atoms with Crippen LogP contribution < -0.4 is 11.5 Å². The smallest absolute Gasteiger partial charge is 0.228 e. The molecule has 1 saturated carbocycles. The Hall–Kier alpha value is -0.930. The number of hydrogen-bond acceptors (Lipinski definition) is 2. The molecule has 0 amide bonds. The number of hydrogen-bond donors (Lipinski definition) is 2. The summed E-state index contributed by atoms with van der Waals surface area (Å²) >= 11 is 0. The maximum atomic E-state index is 5.07. The lowest BCUT2D eigenvalue weighted by atomic mass is 10.3. The maximum Gasteiger partial charge on any atom is 0.228 e. The van der Waals surface area contributed by atoms with Crippen LogP contribution in [0.4, 0.5) is 0 Å². The summed E-state index contributed by atoms with van der Waals surface area (Å²) in [5, 5.41) is 3.48. The topological polar surface area (TPSA) is 73.6 Å². The quantitative estimate of drug-likeness (QED) is 0.328. The van der Waals surface area contributed by atoms with E-state index in [1.165, 1.54) is 12.8 Å². The highest BCUT2D eigenvalue weighted by molar-refractivity contribution is 5.74. The Morgan fingerprint density at radius 1 is 1.30 bits per heavy atom. The zero-order valence-electron chi connectivity index (χ0n) is 5.92. The van der Waals surface area contributed by atoms with E-state index >= 15 is 0 Å². The van der Waals surface area contributed by atoms with Crippen molar-refractivity contribution in [1.82, 2.24) is 0 Å². The van der Waals surface area contributed by atoms with Crippen LogP contribution in [0.3, 0.4) is 0 Å². The van der Waals surface area contributed by atoms with Gasteiger partial charge in [-0.1, -0.05) is 0 Å². The van der Waals surface area contributed by atoms with E-state index in [-0.39, 0.29) is 12.1 Å². The molecule has 10 heavy (non-hydrogen) atoms. The van der Waals surface area contributed by atoms with Crippen LogP contribution in [0.5, 0.6) is 0 Å². The Morgan fingerprint density at radius 2 is 1.90 bits per heavy atom. The van der Waals surface area contributed by atoms with Gasteiger partial charge in [-0.05, 0) is 30.8 Å². The SMILES string of the molecule is NC(N)=NOC1CCCC1. The first-order valence-electron chi connectivity index (χ1n) is 3.54. The molecule has 4 nitrogen and oxygen atoms in total. The van der Waals surface area contributed by atoms with Gasteiger partial charge in [-0.25, -0.2) is 0 Å². The van der Waals surface area contributed by atoms with Gasteiger partial charge in [0.2, 0.25) is 5.96 Å². The van der Waals surface area contributed by atoms with Crippen LogP contribution in [0, 0.1) is 0 Å². The average molecular weight is 143 g/mol. The van der Waals surface area contributed by atoms with Crippen molar-refractivity contribution < 1.29 is 4.84 Å². The van der Waals surface area contributed by atoms with Gasteiger partial charge >= 0.3 is 0 Å². The summed E-state index contributed by atoms with van der Waals surface area (Å²) in [6.45, 7) is 0. The largest absolute Gasteiger partial charge is 0.390 e. The minimum absolute atomic E-state index is 0.00639. The molecule has 58 valence electrons. The first-order chi connectivity index (χ1) is 4.79. The van der Waals surface area contributed by atoms with Gasteiger partial charge in [0.25, 0.3) is 0 Å². The molecule has 0 bridgehead atoms. The zero-order chi connectivity index (χ0) is 7.40. The van der Waals surface area contributed by atoms with Crippen LogP contribution in [0.15, 0.2) is 5.16 Å². The van der Waals surface area contributed by atoms with E-state index in [0.29, 0.717) is 0 Å². The minimum Gasteiger partial charge on any atom is -0.390 e. The van der Waals surface area contributed by atoms with Crippen LogP contribution in [0.1, 0.15) is 25.7 Å². The summed E-state index contributed by atoms with van der Waals surface area (Å²) in [5.74, 6) is 0.00639. The van der Waals surface area contributed by atoms with Crippen LogP contribution in [-0.4, -0.2) is 12.1 Å². The van der Waals surface area contributed by atoms with E-state index in [4.69, 9.17) is 16.3 Å². The fourth-order valence-electron chi connectivity index (χ4n) is 1.13. The Balaban J connectivity index is 2.18. The Morgan fingerprint density at radius 3 is 2.40 bits per heavy atom. The second-order valence-corrected chi connectivity index (χ2v) is 2.53. The maximum absolute atomic E-state index is 5.07. The molecule has 4 N–H and O–H groups in total. The lowest BCUT2D eigenvalue weighted by Gasteiger charge is -2.04.